The Morgan fingerprint density at radius 2 is 1.80 bits per heavy atom. The quantitative estimate of drug-likeness (QED) is 0.675. The molecule has 0 bridgehead atoms. The number of methoxy groups -OCH3 is 1. The Hall–Kier alpha value is -3.68. The van der Waals surface area contributed by atoms with Crippen LogP contribution in [0.2, 0.25) is 0 Å². The molecule has 8 nitrogen and oxygen atoms in total. The fourth-order valence-corrected chi connectivity index (χ4v) is 3.66. The third kappa shape index (κ3) is 4.03. The molecule has 0 unspecified atom stereocenters. The number of carbonyl (C=O) groups is 2. The summed E-state index contributed by atoms with van der Waals surface area (Å²) in [6.07, 6.45) is 1.64. The van der Waals surface area contributed by atoms with E-state index in [9.17, 15) is 9.59 Å². The van der Waals surface area contributed by atoms with Crippen LogP contribution in [0.15, 0.2) is 48.5 Å². The molecule has 0 aliphatic carbocycles. The summed E-state index contributed by atoms with van der Waals surface area (Å²) < 4.78 is 5.47. The minimum atomic E-state index is -0.499. The van der Waals surface area contributed by atoms with Gasteiger partial charge in [-0.2, -0.15) is 0 Å². The van der Waals surface area contributed by atoms with Crippen LogP contribution in [0.5, 0.6) is 5.88 Å². The van der Waals surface area contributed by atoms with Crippen LogP contribution in [0.3, 0.4) is 0 Å². The molecule has 2 aromatic carbocycles. The Kier molecular flexibility index (Phi) is 5.47. The molecule has 0 radical (unpaired) electrons. The molecule has 154 valence electrons. The van der Waals surface area contributed by atoms with E-state index in [0.717, 1.165) is 30.4 Å². The van der Waals surface area contributed by atoms with Crippen molar-refractivity contribution in [2.75, 3.05) is 30.4 Å². The summed E-state index contributed by atoms with van der Waals surface area (Å²) in [4.78, 5) is 35.4. The van der Waals surface area contributed by atoms with Crippen LogP contribution < -0.4 is 20.7 Å². The SMILES string of the molecule is COc1nc2ccccc2nc1N1CCC[C@@H](C(=O)Nc2ccc(C(N)=O)cc2)C1. The number of anilines is 2. The number of benzene rings is 2. The van der Waals surface area contributed by atoms with Crippen molar-refractivity contribution in [1.82, 2.24) is 9.97 Å². The summed E-state index contributed by atoms with van der Waals surface area (Å²) in [6.45, 7) is 1.30. The second-order valence-electron chi connectivity index (χ2n) is 7.26. The van der Waals surface area contributed by atoms with Crippen molar-refractivity contribution < 1.29 is 14.3 Å². The largest absolute Gasteiger partial charge is 0.478 e. The number of nitrogens with one attached hydrogen (secondary N) is 1. The normalized spacial score (nSPS) is 16.3. The molecular formula is C22H23N5O3. The van der Waals surface area contributed by atoms with Gasteiger partial charge in [0.25, 0.3) is 5.88 Å². The molecular weight excluding hydrogens is 382 g/mol. The number of para-hydroxylation sites is 2. The highest BCUT2D eigenvalue weighted by Crippen LogP contribution is 2.30. The van der Waals surface area contributed by atoms with Gasteiger partial charge in [0.15, 0.2) is 5.82 Å². The van der Waals surface area contributed by atoms with E-state index in [4.69, 9.17) is 15.5 Å². The van der Waals surface area contributed by atoms with Gasteiger partial charge in [0.2, 0.25) is 11.8 Å². The number of primary amides is 1. The molecule has 3 aromatic rings. The number of nitrogens with two attached hydrogens (primary N) is 1. The predicted octanol–water partition coefficient (Wildman–Crippen LogP) is 2.59. The number of hydrogen-bond donors (Lipinski definition) is 2. The van der Waals surface area contributed by atoms with Crippen molar-refractivity contribution in [2.45, 2.75) is 12.8 Å². The van der Waals surface area contributed by atoms with Gasteiger partial charge in [-0.1, -0.05) is 12.1 Å². The molecule has 30 heavy (non-hydrogen) atoms. The van der Waals surface area contributed by atoms with E-state index < -0.39 is 5.91 Å². The number of nitrogens with zero attached hydrogens (tertiary/aromatic N) is 3. The Morgan fingerprint density at radius 1 is 1.10 bits per heavy atom. The van der Waals surface area contributed by atoms with Crippen molar-refractivity contribution in [3.05, 3.63) is 54.1 Å². The van der Waals surface area contributed by atoms with Gasteiger partial charge >= 0.3 is 0 Å². The van der Waals surface area contributed by atoms with Gasteiger partial charge in [0, 0.05) is 24.3 Å². The second-order valence-corrected chi connectivity index (χ2v) is 7.26. The monoisotopic (exact) mass is 405 g/mol. The van der Waals surface area contributed by atoms with Crippen LogP contribution in [0, 0.1) is 5.92 Å². The maximum absolute atomic E-state index is 12.8. The van der Waals surface area contributed by atoms with Crippen molar-refractivity contribution in [3.8, 4) is 5.88 Å². The van der Waals surface area contributed by atoms with E-state index in [1.807, 2.05) is 24.3 Å². The maximum Gasteiger partial charge on any atom is 0.257 e. The van der Waals surface area contributed by atoms with Gasteiger partial charge in [0.05, 0.1) is 24.1 Å². The lowest BCUT2D eigenvalue weighted by atomic mass is 9.97. The second kappa shape index (κ2) is 8.36. The highest BCUT2D eigenvalue weighted by Gasteiger charge is 2.29. The average molecular weight is 405 g/mol. The number of ether oxygens (including phenoxy) is 1. The Balaban J connectivity index is 1.51. The Morgan fingerprint density at radius 3 is 2.47 bits per heavy atom. The third-order valence-corrected chi connectivity index (χ3v) is 5.24. The van der Waals surface area contributed by atoms with Crippen molar-refractivity contribution >= 4 is 34.4 Å². The summed E-state index contributed by atoms with van der Waals surface area (Å²) in [7, 11) is 1.58. The lowest BCUT2D eigenvalue weighted by molar-refractivity contribution is -0.120. The molecule has 2 amide bonds. The van der Waals surface area contributed by atoms with E-state index in [2.05, 4.69) is 15.2 Å². The zero-order chi connectivity index (χ0) is 21.1. The van der Waals surface area contributed by atoms with Gasteiger partial charge < -0.3 is 20.7 Å². The number of rotatable bonds is 5. The van der Waals surface area contributed by atoms with Crippen molar-refractivity contribution in [2.24, 2.45) is 11.7 Å². The smallest absolute Gasteiger partial charge is 0.257 e. The highest BCUT2D eigenvalue weighted by atomic mass is 16.5. The number of carbonyl (C=O) groups excluding carboxylic acids is 2. The average Bonchev–Trinajstić information content (AvgIpc) is 2.78. The molecule has 0 saturated carbocycles. The van der Waals surface area contributed by atoms with Crippen molar-refractivity contribution in [3.63, 3.8) is 0 Å². The van der Waals surface area contributed by atoms with Crippen LogP contribution in [-0.4, -0.2) is 42.0 Å². The minimum absolute atomic E-state index is 0.0701. The van der Waals surface area contributed by atoms with Crippen LogP contribution >= 0.6 is 0 Å². The van der Waals surface area contributed by atoms with Crippen molar-refractivity contribution in [1.29, 1.82) is 0 Å². The summed E-state index contributed by atoms with van der Waals surface area (Å²) >= 11 is 0. The van der Waals surface area contributed by atoms with E-state index in [1.165, 1.54) is 0 Å². The minimum Gasteiger partial charge on any atom is -0.478 e. The van der Waals surface area contributed by atoms with Crippen LogP contribution in [0.1, 0.15) is 23.2 Å². The topological polar surface area (TPSA) is 110 Å². The fraction of sp³-hybridized carbons (Fsp3) is 0.273. The summed E-state index contributed by atoms with van der Waals surface area (Å²) in [5.74, 6) is 0.337. The van der Waals surface area contributed by atoms with Gasteiger partial charge in [-0.05, 0) is 49.2 Å². The molecule has 1 fully saturated rings. The zero-order valence-corrected chi connectivity index (χ0v) is 16.7. The Bertz CT molecular complexity index is 1080. The van der Waals surface area contributed by atoms with Crippen LogP contribution in [0.4, 0.5) is 11.5 Å². The number of fused-ring (bicyclic) bond motifs is 1. The molecule has 4 rings (SSSR count). The molecule has 1 aliphatic heterocycles. The first-order valence-corrected chi connectivity index (χ1v) is 9.81. The molecule has 2 heterocycles. The maximum atomic E-state index is 12.8. The summed E-state index contributed by atoms with van der Waals surface area (Å²) in [5, 5.41) is 2.92. The van der Waals surface area contributed by atoms with E-state index in [-0.39, 0.29) is 11.8 Å². The van der Waals surface area contributed by atoms with Gasteiger partial charge in [-0.3, -0.25) is 9.59 Å². The standard InChI is InChI=1S/C22H23N5O3/c1-30-22-20(25-17-6-2-3-7-18(17)26-22)27-12-4-5-15(13-27)21(29)24-16-10-8-14(9-11-16)19(23)28/h2-3,6-11,15H,4-5,12-13H2,1H3,(H2,23,28)(H,24,29)/t15-/m1/s1. The molecule has 1 aromatic heterocycles. The first-order chi connectivity index (χ1) is 14.5. The van der Waals surface area contributed by atoms with E-state index in [0.29, 0.717) is 29.5 Å². The molecule has 1 aliphatic rings. The van der Waals surface area contributed by atoms with E-state index in [1.54, 1.807) is 31.4 Å². The third-order valence-electron chi connectivity index (χ3n) is 5.24. The first kappa shape index (κ1) is 19.6. The molecule has 3 N–H and O–H groups in total. The summed E-state index contributed by atoms with van der Waals surface area (Å²) in [6, 6.07) is 14.2. The number of aromatic nitrogens is 2. The molecule has 1 atom stereocenters. The summed E-state index contributed by atoms with van der Waals surface area (Å²) in [5.41, 5.74) is 7.84. The number of amides is 2. The molecule has 1 saturated heterocycles. The van der Waals surface area contributed by atoms with Gasteiger partial charge in [-0.25, -0.2) is 9.97 Å². The number of hydrogen-bond acceptors (Lipinski definition) is 6. The fourth-order valence-electron chi connectivity index (χ4n) is 3.66. The van der Waals surface area contributed by atoms with Gasteiger partial charge in [-0.15, -0.1) is 0 Å². The van der Waals surface area contributed by atoms with Gasteiger partial charge in [0.1, 0.15) is 0 Å². The van der Waals surface area contributed by atoms with E-state index >= 15 is 0 Å². The molecule has 8 heteroatoms. The van der Waals surface area contributed by atoms with Crippen LogP contribution in [0.25, 0.3) is 11.0 Å². The zero-order valence-electron chi connectivity index (χ0n) is 16.7. The lowest BCUT2D eigenvalue weighted by Gasteiger charge is -2.33. The highest BCUT2D eigenvalue weighted by molar-refractivity contribution is 5.95. The molecule has 0 spiro atoms. The number of piperidine rings is 1. The Labute approximate surface area is 174 Å². The lowest BCUT2D eigenvalue weighted by Crippen LogP contribution is -2.41. The van der Waals surface area contributed by atoms with Crippen LogP contribution in [-0.2, 0) is 4.79 Å². The first-order valence-electron chi connectivity index (χ1n) is 9.81. The predicted molar refractivity (Wildman–Crippen MR) is 115 cm³/mol.